The molecule has 1 aromatic carbocycles. The summed E-state index contributed by atoms with van der Waals surface area (Å²) in [6.45, 7) is 6.59. The molecule has 1 unspecified atom stereocenters. The number of carbonyl (C=O) groups is 2. The minimum Gasteiger partial charge on any atom is -0.496 e. The van der Waals surface area contributed by atoms with Gasteiger partial charge >= 0.3 is 6.09 Å². The molecule has 0 bridgehead atoms. The van der Waals surface area contributed by atoms with Gasteiger partial charge in [0.2, 0.25) is 0 Å². The maximum Gasteiger partial charge on any atom is 0.411 e. The van der Waals surface area contributed by atoms with Crippen LogP contribution in [-0.2, 0) is 15.1 Å². The van der Waals surface area contributed by atoms with E-state index >= 15 is 0 Å². The van der Waals surface area contributed by atoms with E-state index in [1.165, 1.54) is 40.3 Å². The van der Waals surface area contributed by atoms with Crippen LogP contribution in [-0.4, -0.2) is 44.1 Å². The summed E-state index contributed by atoms with van der Waals surface area (Å²) < 4.78 is 29.8. The third kappa shape index (κ3) is 3.77. The average molecular weight is 341 g/mol. The van der Waals surface area contributed by atoms with Gasteiger partial charge in [0.05, 0.1) is 19.8 Å². The Morgan fingerprint density at radius 2 is 1.75 bits per heavy atom. The molecule has 0 N–H and O–H groups in total. The lowest BCUT2D eigenvalue weighted by molar-refractivity contribution is -0.117. The summed E-state index contributed by atoms with van der Waals surface area (Å²) >= 11 is 0. The number of methoxy groups -OCH3 is 2. The van der Waals surface area contributed by atoms with Crippen molar-refractivity contribution in [3.05, 3.63) is 23.5 Å². The van der Waals surface area contributed by atoms with Crippen molar-refractivity contribution in [2.75, 3.05) is 21.3 Å². The molecule has 0 radical (unpaired) electrons. The highest BCUT2D eigenvalue weighted by molar-refractivity contribution is 5.80. The normalized spacial score (nSPS) is 13.7. The second-order valence-electron chi connectivity index (χ2n) is 6.46. The molecule has 0 aliphatic rings. The number of nitrogens with zero attached hydrogens (tertiary/aromatic N) is 1. The van der Waals surface area contributed by atoms with Crippen LogP contribution in [0.1, 0.15) is 33.3 Å². The Morgan fingerprint density at radius 3 is 2.17 bits per heavy atom. The van der Waals surface area contributed by atoms with Gasteiger partial charge in [0.1, 0.15) is 23.2 Å². The highest BCUT2D eigenvalue weighted by atomic mass is 19.1. The van der Waals surface area contributed by atoms with E-state index < -0.39 is 23.1 Å². The van der Waals surface area contributed by atoms with E-state index in [0.29, 0.717) is 6.29 Å². The molecule has 7 heteroatoms. The molecule has 1 amide bonds. The van der Waals surface area contributed by atoms with Gasteiger partial charge in [-0.3, -0.25) is 4.90 Å². The predicted molar refractivity (Wildman–Crippen MR) is 86.9 cm³/mol. The molecule has 0 aromatic heterocycles. The number of ether oxygens (including phenoxy) is 3. The zero-order valence-electron chi connectivity index (χ0n) is 15.1. The van der Waals surface area contributed by atoms with Gasteiger partial charge in [0.15, 0.2) is 11.6 Å². The number of rotatable bonds is 5. The summed E-state index contributed by atoms with van der Waals surface area (Å²) in [7, 11) is 4.06. The van der Waals surface area contributed by atoms with Crippen LogP contribution in [0.5, 0.6) is 11.5 Å². The Bertz CT molecular complexity index is 626. The van der Waals surface area contributed by atoms with E-state index in [9.17, 15) is 14.0 Å². The largest absolute Gasteiger partial charge is 0.496 e. The molecule has 0 aliphatic carbocycles. The first-order valence-electron chi connectivity index (χ1n) is 7.36. The fraction of sp³-hybridized carbons (Fsp3) is 0.529. The molecule has 6 nitrogen and oxygen atoms in total. The van der Waals surface area contributed by atoms with Crippen LogP contribution < -0.4 is 9.47 Å². The summed E-state index contributed by atoms with van der Waals surface area (Å²) in [5, 5.41) is 0. The Morgan fingerprint density at radius 1 is 1.17 bits per heavy atom. The topological polar surface area (TPSA) is 65.1 Å². The molecule has 0 aliphatic heterocycles. The van der Waals surface area contributed by atoms with E-state index in [0.717, 1.165) is 4.90 Å². The lowest BCUT2D eigenvalue weighted by atomic mass is 9.90. The van der Waals surface area contributed by atoms with Crippen molar-refractivity contribution < 1.29 is 28.2 Å². The Kier molecular flexibility index (Phi) is 5.81. The average Bonchev–Trinajstić information content (AvgIpc) is 2.51. The zero-order chi connectivity index (χ0) is 18.7. The van der Waals surface area contributed by atoms with Gasteiger partial charge in [-0.2, -0.15) is 0 Å². The van der Waals surface area contributed by atoms with Crippen molar-refractivity contribution in [1.29, 1.82) is 0 Å². The minimum absolute atomic E-state index is 0.107. The van der Waals surface area contributed by atoms with Crippen LogP contribution in [0.3, 0.4) is 0 Å². The van der Waals surface area contributed by atoms with Crippen LogP contribution in [0.25, 0.3) is 0 Å². The smallest absolute Gasteiger partial charge is 0.411 e. The Balaban J connectivity index is 3.51. The van der Waals surface area contributed by atoms with Crippen molar-refractivity contribution in [2.24, 2.45) is 0 Å². The van der Waals surface area contributed by atoms with E-state index in [4.69, 9.17) is 14.2 Å². The Hall–Kier alpha value is -2.31. The molecule has 0 spiro atoms. The van der Waals surface area contributed by atoms with Gasteiger partial charge in [-0.05, 0) is 39.8 Å². The lowest BCUT2D eigenvalue weighted by Gasteiger charge is -2.37. The zero-order valence-corrected chi connectivity index (χ0v) is 15.1. The van der Waals surface area contributed by atoms with Gasteiger partial charge < -0.3 is 19.0 Å². The molecule has 1 rings (SSSR count). The molecular weight excluding hydrogens is 317 g/mol. The number of aldehydes is 1. The summed E-state index contributed by atoms with van der Waals surface area (Å²) in [6, 6.07) is 2.54. The van der Waals surface area contributed by atoms with Crippen LogP contribution in [0.4, 0.5) is 9.18 Å². The fourth-order valence-electron chi connectivity index (χ4n) is 2.21. The second-order valence-corrected chi connectivity index (χ2v) is 6.46. The van der Waals surface area contributed by atoms with Crippen molar-refractivity contribution in [3.8, 4) is 11.5 Å². The maximum absolute atomic E-state index is 14.1. The second kappa shape index (κ2) is 7.07. The molecular formula is C17H24FNO5. The Labute approximate surface area is 141 Å². The van der Waals surface area contributed by atoms with E-state index in [2.05, 4.69) is 0 Å². The van der Waals surface area contributed by atoms with Crippen molar-refractivity contribution in [2.45, 2.75) is 38.8 Å². The molecule has 0 heterocycles. The SMILES string of the molecule is COc1ccc(F)c(OC)c1C(C)(C=O)N(C)C(=O)OC(C)(C)C. The molecule has 1 aromatic rings. The van der Waals surface area contributed by atoms with Gasteiger partial charge in [-0.1, -0.05) is 0 Å². The van der Waals surface area contributed by atoms with E-state index in [1.54, 1.807) is 20.8 Å². The molecule has 0 saturated carbocycles. The number of amides is 1. The lowest BCUT2D eigenvalue weighted by Crippen LogP contribution is -2.48. The van der Waals surface area contributed by atoms with Crippen molar-refractivity contribution >= 4 is 12.4 Å². The highest BCUT2D eigenvalue weighted by Crippen LogP contribution is 2.41. The fourth-order valence-corrected chi connectivity index (χ4v) is 2.21. The van der Waals surface area contributed by atoms with E-state index in [-0.39, 0.29) is 17.1 Å². The number of halogens is 1. The third-order valence-corrected chi connectivity index (χ3v) is 3.60. The number of benzene rings is 1. The molecule has 1 atom stereocenters. The highest BCUT2D eigenvalue weighted by Gasteiger charge is 2.42. The van der Waals surface area contributed by atoms with Crippen molar-refractivity contribution in [3.63, 3.8) is 0 Å². The van der Waals surface area contributed by atoms with Crippen LogP contribution in [0, 0.1) is 5.82 Å². The van der Waals surface area contributed by atoms with Crippen LogP contribution in [0.15, 0.2) is 12.1 Å². The first kappa shape index (κ1) is 19.7. The van der Waals surface area contributed by atoms with Gasteiger partial charge in [-0.25, -0.2) is 9.18 Å². The summed E-state index contributed by atoms with van der Waals surface area (Å²) in [5.41, 5.74) is -2.19. The molecule has 24 heavy (non-hydrogen) atoms. The molecule has 0 fully saturated rings. The van der Waals surface area contributed by atoms with Gasteiger partial charge in [-0.15, -0.1) is 0 Å². The molecule has 134 valence electrons. The monoisotopic (exact) mass is 341 g/mol. The van der Waals surface area contributed by atoms with Gasteiger partial charge in [0, 0.05) is 7.05 Å². The summed E-state index contributed by atoms with van der Waals surface area (Å²) in [4.78, 5) is 25.4. The van der Waals surface area contributed by atoms with Crippen LogP contribution >= 0.6 is 0 Å². The number of hydrogen-bond donors (Lipinski definition) is 0. The summed E-state index contributed by atoms with van der Waals surface area (Å²) in [5.74, 6) is -0.614. The summed E-state index contributed by atoms with van der Waals surface area (Å²) in [6.07, 6.45) is -0.207. The number of hydrogen-bond acceptors (Lipinski definition) is 5. The standard InChI is InChI=1S/C17H24FNO5/c1-16(2,3)24-15(21)19(5)17(4,10-20)13-12(22-6)9-8-11(18)14(13)23-7/h8-10H,1-7H3. The van der Waals surface area contributed by atoms with Crippen molar-refractivity contribution in [1.82, 2.24) is 4.90 Å². The van der Waals surface area contributed by atoms with Gasteiger partial charge in [0.25, 0.3) is 0 Å². The molecule has 0 saturated heterocycles. The number of likely N-dealkylation sites (N-methyl/N-ethyl adjacent to an activating group) is 1. The minimum atomic E-state index is -1.55. The predicted octanol–water partition coefficient (Wildman–Crippen LogP) is 3.12. The van der Waals surface area contributed by atoms with E-state index in [1.807, 2.05) is 0 Å². The maximum atomic E-state index is 14.1. The van der Waals surface area contributed by atoms with Crippen LogP contribution in [0.2, 0.25) is 0 Å². The third-order valence-electron chi connectivity index (χ3n) is 3.60. The number of carbonyl (C=O) groups excluding carboxylic acids is 2. The quantitative estimate of drug-likeness (QED) is 0.770. The first-order valence-corrected chi connectivity index (χ1v) is 7.36. The first-order chi connectivity index (χ1) is 11.0.